The molecule has 18 heavy (non-hydrogen) atoms. The summed E-state index contributed by atoms with van der Waals surface area (Å²) in [6.07, 6.45) is 8.55. The average Bonchev–Trinajstić information content (AvgIpc) is 3.13. The number of thiophene rings is 1. The molecule has 0 aromatic carbocycles. The molecule has 100 valence electrons. The topological polar surface area (TPSA) is 29.3 Å². The van der Waals surface area contributed by atoms with E-state index in [1.54, 1.807) is 0 Å². The van der Waals surface area contributed by atoms with Gasteiger partial charge in [0.2, 0.25) is 0 Å². The van der Waals surface area contributed by atoms with E-state index < -0.39 is 0 Å². The lowest BCUT2D eigenvalue weighted by Gasteiger charge is -2.35. The van der Waals surface area contributed by atoms with Crippen molar-refractivity contribution in [1.82, 2.24) is 4.90 Å². The SMILES string of the molecule is NCC(c1cccs1)N1CCCC1C1CCCC1. The van der Waals surface area contributed by atoms with Crippen LogP contribution in [0.2, 0.25) is 0 Å². The van der Waals surface area contributed by atoms with Gasteiger partial charge in [-0.3, -0.25) is 4.90 Å². The zero-order chi connectivity index (χ0) is 12.4. The van der Waals surface area contributed by atoms with E-state index in [0.29, 0.717) is 6.04 Å². The molecule has 1 saturated heterocycles. The molecule has 1 aliphatic heterocycles. The van der Waals surface area contributed by atoms with E-state index in [2.05, 4.69) is 22.4 Å². The third kappa shape index (κ3) is 2.36. The van der Waals surface area contributed by atoms with Gasteiger partial charge in [-0.25, -0.2) is 0 Å². The quantitative estimate of drug-likeness (QED) is 0.903. The van der Waals surface area contributed by atoms with Gasteiger partial charge in [-0.1, -0.05) is 18.9 Å². The Morgan fingerprint density at radius 1 is 1.28 bits per heavy atom. The van der Waals surface area contributed by atoms with E-state index in [1.165, 1.54) is 49.9 Å². The normalized spacial score (nSPS) is 27.9. The first-order valence-electron chi connectivity index (χ1n) is 7.39. The Morgan fingerprint density at radius 2 is 2.11 bits per heavy atom. The van der Waals surface area contributed by atoms with E-state index in [0.717, 1.165) is 18.5 Å². The number of rotatable bonds is 4. The Balaban J connectivity index is 1.76. The summed E-state index contributed by atoms with van der Waals surface area (Å²) in [6.45, 7) is 2.02. The fraction of sp³-hybridized carbons (Fsp3) is 0.733. The van der Waals surface area contributed by atoms with E-state index in [9.17, 15) is 0 Å². The maximum Gasteiger partial charge on any atom is 0.0566 e. The monoisotopic (exact) mass is 264 g/mol. The largest absolute Gasteiger partial charge is 0.329 e. The van der Waals surface area contributed by atoms with Crippen LogP contribution in [0, 0.1) is 5.92 Å². The van der Waals surface area contributed by atoms with Crippen LogP contribution in [0.15, 0.2) is 17.5 Å². The van der Waals surface area contributed by atoms with E-state index in [1.807, 2.05) is 11.3 Å². The van der Waals surface area contributed by atoms with Crippen molar-refractivity contribution in [3.05, 3.63) is 22.4 Å². The lowest BCUT2D eigenvalue weighted by molar-refractivity contribution is 0.140. The Kier molecular flexibility index (Phi) is 4.02. The summed E-state index contributed by atoms with van der Waals surface area (Å²) in [7, 11) is 0. The molecule has 1 aromatic rings. The molecular formula is C15H24N2S. The summed E-state index contributed by atoms with van der Waals surface area (Å²) in [6, 6.07) is 5.69. The number of hydrogen-bond acceptors (Lipinski definition) is 3. The summed E-state index contributed by atoms with van der Waals surface area (Å²) < 4.78 is 0. The predicted octanol–water partition coefficient (Wildman–Crippen LogP) is 3.40. The van der Waals surface area contributed by atoms with Gasteiger partial charge in [-0.15, -0.1) is 11.3 Å². The van der Waals surface area contributed by atoms with Crippen molar-refractivity contribution in [1.29, 1.82) is 0 Å². The molecule has 2 nitrogen and oxygen atoms in total. The van der Waals surface area contributed by atoms with Crippen LogP contribution in [-0.4, -0.2) is 24.0 Å². The summed E-state index contributed by atoms with van der Waals surface area (Å²) in [5.41, 5.74) is 6.07. The van der Waals surface area contributed by atoms with Crippen LogP contribution in [0.1, 0.15) is 49.4 Å². The highest BCUT2D eigenvalue weighted by Crippen LogP contribution is 2.39. The summed E-state index contributed by atoms with van der Waals surface area (Å²) in [5.74, 6) is 0.946. The molecular weight excluding hydrogens is 240 g/mol. The molecule has 3 rings (SSSR count). The van der Waals surface area contributed by atoms with Crippen molar-refractivity contribution in [2.24, 2.45) is 11.7 Å². The Labute approximate surface area is 114 Å². The third-order valence-electron chi connectivity index (χ3n) is 4.78. The van der Waals surface area contributed by atoms with Gasteiger partial charge in [0.25, 0.3) is 0 Å². The van der Waals surface area contributed by atoms with Crippen molar-refractivity contribution in [2.45, 2.75) is 50.6 Å². The first-order chi connectivity index (χ1) is 8.90. The van der Waals surface area contributed by atoms with Gasteiger partial charge < -0.3 is 5.73 Å². The van der Waals surface area contributed by atoms with E-state index in [-0.39, 0.29) is 0 Å². The fourth-order valence-electron chi connectivity index (χ4n) is 3.95. The molecule has 2 unspecified atom stereocenters. The van der Waals surface area contributed by atoms with Gasteiger partial charge in [0.15, 0.2) is 0 Å². The zero-order valence-corrected chi connectivity index (χ0v) is 11.9. The maximum atomic E-state index is 6.07. The Hall–Kier alpha value is -0.380. The highest BCUT2D eigenvalue weighted by molar-refractivity contribution is 7.10. The summed E-state index contributed by atoms with van der Waals surface area (Å²) in [4.78, 5) is 4.18. The van der Waals surface area contributed by atoms with Crippen molar-refractivity contribution >= 4 is 11.3 Å². The molecule has 1 aliphatic carbocycles. The number of nitrogens with two attached hydrogens (primary N) is 1. The minimum Gasteiger partial charge on any atom is -0.329 e. The highest BCUT2D eigenvalue weighted by Gasteiger charge is 2.37. The molecule has 1 aromatic heterocycles. The van der Waals surface area contributed by atoms with E-state index >= 15 is 0 Å². The zero-order valence-electron chi connectivity index (χ0n) is 11.1. The molecule has 2 aliphatic rings. The first kappa shape index (κ1) is 12.6. The van der Waals surface area contributed by atoms with Crippen LogP contribution in [0.4, 0.5) is 0 Å². The molecule has 0 radical (unpaired) electrons. The fourth-order valence-corrected chi connectivity index (χ4v) is 4.81. The minimum absolute atomic E-state index is 0.470. The first-order valence-corrected chi connectivity index (χ1v) is 8.27. The molecule has 0 amide bonds. The Bertz CT molecular complexity index is 357. The van der Waals surface area contributed by atoms with Crippen LogP contribution >= 0.6 is 11.3 Å². The summed E-state index contributed by atoms with van der Waals surface area (Å²) >= 11 is 1.87. The van der Waals surface area contributed by atoms with Gasteiger partial charge in [-0.2, -0.15) is 0 Å². The minimum atomic E-state index is 0.470. The average molecular weight is 264 g/mol. The molecule has 2 N–H and O–H groups in total. The van der Waals surface area contributed by atoms with E-state index in [4.69, 9.17) is 5.73 Å². The van der Waals surface area contributed by atoms with Crippen molar-refractivity contribution < 1.29 is 0 Å². The van der Waals surface area contributed by atoms with Gasteiger partial charge >= 0.3 is 0 Å². The van der Waals surface area contributed by atoms with Gasteiger partial charge in [-0.05, 0) is 49.6 Å². The van der Waals surface area contributed by atoms with Gasteiger partial charge in [0, 0.05) is 17.5 Å². The number of hydrogen-bond donors (Lipinski definition) is 1. The third-order valence-corrected chi connectivity index (χ3v) is 5.75. The van der Waals surface area contributed by atoms with Crippen LogP contribution < -0.4 is 5.73 Å². The van der Waals surface area contributed by atoms with Gasteiger partial charge in [0.05, 0.1) is 6.04 Å². The highest BCUT2D eigenvalue weighted by atomic mass is 32.1. The molecule has 0 spiro atoms. The molecule has 2 atom stereocenters. The second-order valence-corrected chi connectivity index (χ2v) is 6.74. The standard InChI is InChI=1S/C15H24N2S/c16-11-14(15-8-4-10-18-15)17-9-3-7-13(17)12-5-1-2-6-12/h4,8,10,12-14H,1-3,5-7,9,11,16H2. The van der Waals surface area contributed by atoms with Crippen molar-refractivity contribution in [3.8, 4) is 0 Å². The van der Waals surface area contributed by atoms with Gasteiger partial charge in [0.1, 0.15) is 0 Å². The maximum absolute atomic E-state index is 6.07. The van der Waals surface area contributed by atoms with Crippen LogP contribution in [0.5, 0.6) is 0 Å². The van der Waals surface area contributed by atoms with Crippen LogP contribution in [0.25, 0.3) is 0 Å². The molecule has 2 heterocycles. The van der Waals surface area contributed by atoms with Crippen LogP contribution in [0.3, 0.4) is 0 Å². The predicted molar refractivity (Wildman–Crippen MR) is 77.8 cm³/mol. The molecule has 1 saturated carbocycles. The number of likely N-dealkylation sites (tertiary alicyclic amines) is 1. The molecule has 0 bridgehead atoms. The molecule has 2 fully saturated rings. The second kappa shape index (κ2) is 5.72. The van der Waals surface area contributed by atoms with Crippen molar-refractivity contribution in [2.75, 3.05) is 13.1 Å². The lowest BCUT2D eigenvalue weighted by Crippen LogP contribution is -2.40. The summed E-state index contributed by atoms with van der Waals surface area (Å²) in [5, 5.41) is 2.18. The molecule has 3 heteroatoms. The smallest absolute Gasteiger partial charge is 0.0566 e. The Morgan fingerprint density at radius 3 is 2.78 bits per heavy atom. The second-order valence-electron chi connectivity index (χ2n) is 5.76. The lowest BCUT2D eigenvalue weighted by atomic mass is 9.95. The van der Waals surface area contributed by atoms with Crippen LogP contribution in [-0.2, 0) is 0 Å². The van der Waals surface area contributed by atoms with Crippen molar-refractivity contribution in [3.63, 3.8) is 0 Å². The number of nitrogens with zero attached hydrogens (tertiary/aromatic N) is 1.